The van der Waals surface area contributed by atoms with Gasteiger partial charge < -0.3 is 14.4 Å². The first-order valence-corrected chi connectivity index (χ1v) is 6.84. The lowest BCUT2D eigenvalue weighted by molar-refractivity contribution is -0.910. The number of ether oxygens (including phenoxy) is 2. The van der Waals surface area contributed by atoms with Crippen molar-refractivity contribution in [3.8, 4) is 0 Å². The Morgan fingerprint density at radius 3 is 2.84 bits per heavy atom. The van der Waals surface area contributed by atoms with E-state index in [-0.39, 0.29) is 12.1 Å². The minimum atomic E-state index is -0.233. The summed E-state index contributed by atoms with van der Waals surface area (Å²) in [7, 11) is 0. The van der Waals surface area contributed by atoms with Crippen molar-refractivity contribution in [1.82, 2.24) is 0 Å². The summed E-state index contributed by atoms with van der Waals surface area (Å²) in [5.41, 5.74) is 1.70. The smallest absolute Gasteiger partial charge is 0.338 e. The summed E-state index contributed by atoms with van der Waals surface area (Å²) in [6.07, 6.45) is -0.0684. The van der Waals surface area contributed by atoms with Crippen LogP contribution in [0.3, 0.4) is 0 Å². The molecule has 1 aliphatic heterocycles. The molecule has 0 saturated carbocycles. The van der Waals surface area contributed by atoms with E-state index in [1.54, 1.807) is 6.07 Å². The summed E-state index contributed by atoms with van der Waals surface area (Å²) in [6.45, 7) is 8.36. The number of carbonyl (C=O) groups is 1. The summed E-state index contributed by atoms with van der Waals surface area (Å²) in [5.74, 6) is -0.233. The molecule has 1 saturated heterocycles. The molecule has 4 nitrogen and oxygen atoms in total. The molecule has 2 rings (SSSR count). The van der Waals surface area contributed by atoms with Crippen molar-refractivity contribution in [1.29, 1.82) is 0 Å². The molecule has 0 radical (unpaired) electrons. The lowest BCUT2D eigenvalue weighted by atomic mass is 10.1. The number of quaternary nitrogens is 1. The average Bonchev–Trinajstić information content (AvgIpc) is 2.39. The van der Waals surface area contributed by atoms with Gasteiger partial charge in [0.2, 0.25) is 0 Å². The summed E-state index contributed by atoms with van der Waals surface area (Å²) in [4.78, 5) is 13.4. The number of benzene rings is 1. The molecule has 0 bridgehead atoms. The van der Waals surface area contributed by atoms with Crippen molar-refractivity contribution in [2.24, 2.45) is 0 Å². The molecule has 0 unspecified atom stereocenters. The molecule has 0 aliphatic carbocycles. The molecule has 1 fully saturated rings. The van der Waals surface area contributed by atoms with Crippen LogP contribution in [-0.2, 0) is 9.47 Å². The Bertz CT molecular complexity index is 427. The van der Waals surface area contributed by atoms with Gasteiger partial charge in [0.1, 0.15) is 25.7 Å². The summed E-state index contributed by atoms with van der Waals surface area (Å²) < 4.78 is 10.8. The van der Waals surface area contributed by atoms with Gasteiger partial charge in [-0.3, -0.25) is 0 Å². The van der Waals surface area contributed by atoms with E-state index in [4.69, 9.17) is 9.47 Å². The maximum atomic E-state index is 12.0. The second kappa shape index (κ2) is 6.68. The highest BCUT2D eigenvalue weighted by Gasteiger charge is 2.20. The Balaban J connectivity index is 1.84. The number of hydrogen-bond acceptors (Lipinski definition) is 3. The van der Waals surface area contributed by atoms with Crippen LogP contribution in [0.1, 0.15) is 22.8 Å². The van der Waals surface area contributed by atoms with Crippen LogP contribution in [0.4, 0.5) is 0 Å². The molecule has 1 aromatic rings. The second-order valence-corrected chi connectivity index (χ2v) is 5.15. The Labute approximate surface area is 114 Å². The van der Waals surface area contributed by atoms with E-state index >= 15 is 0 Å². The zero-order valence-electron chi connectivity index (χ0n) is 11.6. The van der Waals surface area contributed by atoms with Gasteiger partial charge in [-0.2, -0.15) is 0 Å². The van der Waals surface area contributed by atoms with Crippen molar-refractivity contribution in [3.63, 3.8) is 0 Å². The van der Waals surface area contributed by atoms with Crippen LogP contribution in [0.5, 0.6) is 0 Å². The van der Waals surface area contributed by atoms with E-state index in [1.807, 2.05) is 32.0 Å². The zero-order valence-corrected chi connectivity index (χ0v) is 11.6. The minimum absolute atomic E-state index is 0.0684. The van der Waals surface area contributed by atoms with Crippen molar-refractivity contribution >= 4 is 5.97 Å². The predicted octanol–water partition coefficient (Wildman–Crippen LogP) is 0.455. The first-order chi connectivity index (χ1) is 9.15. The van der Waals surface area contributed by atoms with Crippen molar-refractivity contribution in [2.75, 3.05) is 32.8 Å². The molecule has 1 N–H and O–H groups in total. The van der Waals surface area contributed by atoms with E-state index in [2.05, 4.69) is 0 Å². The van der Waals surface area contributed by atoms with Crippen LogP contribution in [0, 0.1) is 6.92 Å². The van der Waals surface area contributed by atoms with Gasteiger partial charge in [0.15, 0.2) is 0 Å². The molecular formula is C15H22NO3+. The first-order valence-electron chi connectivity index (χ1n) is 6.84. The van der Waals surface area contributed by atoms with E-state index in [1.165, 1.54) is 4.90 Å². The van der Waals surface area contributed by atoms with Crippen LogP contribution < -0.4 is 4.90 Å². The van der Waals surface area contributed by atoms with E-state index in [0.717, 1.165) is 38.4 Å². The number of aryl methyl sites for hydroxylation is 1. The number of esters is 1. The van der Waals surface area contributed by atoms with Crippen LogP contribution in [-0.4, -0.2) is 44.9 Å². The molecule has 0 amide bonds. The Morgan fingerprint density at radius 1 is 1.42 bits per heavy atom. The molecule has 1 aliphatic rings. The fraction of sp³-hybridized carbons (Fsp3) is 0.533. The maximum Gasteiger partial charge on any atom is 0.338 e. The van der Waals surface area contributed by atoms with Gasteiger partial charge in [0.05, 0.1) is 18.8 Å². The van der Waals surface area contributed by atoms with Gasteiger partial charge in [0, 0.05) is 0 Å². The molecule has 1 heterocycles. The molecule has 1 atom stereocenters. The maximum absolute atomic E-state index is 12.0. The standard InChI is InChI=1S/C15H21NO3/c1-12-4-3-5-14(10-12)15(17)19-13(2)11-16-6-8-18-9-7-16/h3-5,10,13H,6-9,11H2,1-2H3/p+1/t13-/m1/s1. The number of nitrogens with one attached hydrogen (secondary N) is 1. The van der Waals surface area contributed by atoms with Crippen LogP contribution in [0.2, 0.25) is 0 Å². The Morgan fingerprint density at radius 2 is 2.16 bits per heavy atom. The number of carbonyl (C=O) groups excluding carboxylic acids is 1. The van der Waals surface area contributed by atoms with Crippen LogP contribution >= 0.6 is 0 Å². The van der Waals surface area contributed by atoms with Crippen molar-refractivity contribution in [2.45, 2.75) is 20.0 Å². The summed E-state index contributed by atoms with van der Waals surface area (Å²) in [6, 6.07) is 7.50. The highest BCUT2D eigenvalue weighted by atomic mass is 16.5. The quantitative estimate of drug-likeness (QED) is 0.803. The first kappa shape index (κ1) is 14.0. The normalized spacial score (nSPS) is 18.0. The number of rotatable bonds is 4. The van der Waals surface area contributed by atoms with E-state index in [0.29, 0.717) is 5.56 Å². The van der Waals surface area contributed by atoms with Crippen LogP contribution in [0.15, 0.2) is 24.3 Å². The Kier molecular flexibility index (Phi) is 4.93. The van der Waals surface area contributed by atoms with Crippen molar-refractivity contribution in [3.05, 3.63) is 35.4 Å². The lowest BCUT2D eigenvalue weighted by Gasteiger charge is -2.26. The molecule has 0 spiro atoms. The molecule has 4 heteroatoms. The molecule has 0 aromatic heterocycles. The van der Waals surface area contributed by atoms with Crippen molar-refractivity contribution < 1.29 is 19.2 Å². The van der Waals surface area contributed by atoms with Gasteiger partial charge in [-0.25, -0.2) is 4.79 Å². The SMILES string of the molecule is Cc1cccc(C(=O)O[C@H](C)C[NH+]2CCOCC2)c1. The molecule has 1 aromatic carbocycles. The van der Waals surface area contributed by atoms with Crippen LogP contribution in [0.25, 0.3) is 0 Å². The fourth-order valence-corrected chi connectivity index (χ4v) is 2.34. The topological polar surface area (TPSA) is 40.0 Å². The van der Waals surface area contributed by atoms with Gasteiger partial charge in [-0.15, -0.1) is 0 Å². The Hall–Kier alpha value is -1.39. The fourth-order valence-electron chi connectivity index (χ4n) is 2.34. The number of morpholine rings is 1. The third-order valence-electron chi connectivity index (χ3n) is 3.34. The summed E-state index contributed by atoms with van der Waals surface area (Å²) in [5, 5.41) is 0. The monoisotopic (exact) mass is 264 g/mol. The average molecular weight is 264 g/mol. The highest BCUT2D eigenvalue weighted by Crippen LogP contribution is 2.06. The molecule has 104 valence electrons. The zero-order chi connectivity index (χ0) is 13.7. The minimum Gasteiger partial charge on any atom is -0.453 e. The van der Waals surface area contributed by atoms with Gasteiger partial charge in [-0.1, -0.05) is 17.7 Å². The lowest BCUT2D eigenvalue weighted by Crippen LogP contribution is -3.15. The predicted molar refractivity (Wildman–Crippen MR) is 72.4 cm³/mol. The van der Waals surface area contributed by atoms with Gasteiger partial charge >= 0.3 is 5.97 Å². The van der Waals surface area contributed by atoms with Gasteiger partial charge in [0.25, 0.3) is 0 Å². The second-order valence-electron chi connectivity index (χ2n) is 5.15. The highest BCUT2D eigenvalue weighted by molar-refractivity contribution is 5.89. The number of hydrogen-bond donors (Lipinski definition) is 1. The summed E-state index contributed by atoms with van der Waals surface area (Å²) >= 11 is 0. The molecular weight excluding hydrogens is 242 g/mol. The third-order valence-corrected chi connectivity index (χ3v) is 3.34. The largest absolute Gasteiger partial charge is 0.453 e. The third kappa shape index (κ3) is 4.33. The van der Waals surface area contributed by atoms with E-state index in [9.17, 15) is 4.79 Å². The molecule has 19 heavy (non-hydrogen) atoms. The van der Waals surface area contributed by atoms with Gasteiger partial charge in [-0.05, 0) is 26.0 Å². The van der Waals surface area contributed by atoms with E-state index < -0.39 is 0 Å².